The van der Waals surface area contributed by atoms with Crippen LogP contribution in [0.1, 0.15) is 94.9 Å². The van der Waals surface area contributed by atoms with Crippen molar-refractivity contribution in [2.45, 2.75) is 107 Å². The predicted molar refractivity (Wildman–Crippen MR) is 211 cm³/mol. The molecule has 1 N–H and O–H groups in total. The Kier molecular flexibility index (Phi) is 16.8. The summed E-state index contributed by atoms with van der Waals surface area (Å²) in [6.45, 7) is 20.0. The molecule has 0 aromatic carbocycles. The van der Waals surface area contributed by atoms with E-state index in [1.165, 1.54) is 0 Å². The van der Waals surface area contributed by atoms with Crippen molar-refractivity contribution in [2.75, 3.05) is 0 Å². The molecule has 0 radical (unpaired) electrons. The smallest absolute Gasteiger partial charge is 0.307 e. The SMILES string of the molecule is CC1=C(/C=C/C(C)=C/C=C/C(C)=C/C=C/C=C(C)/C=C/C=C(C)/C=C/C2=C(C)C(=O)C(OC(=O)CCC(=O)O)CC2(C)C)C(C)(C)CC(OC=O)C1=O. The lowest BCUT2D eigenvalue weighted by Crippen LogP contribution is -2.39. The monoisotopic (exact) mass is 724 g/mol. The molecule has 0 fully saturated rings. The number of carbonyl (C=O) groups excluding carboxylic acids is 4. The van der Waals surface area contributed by atoms with Crippen molar-refractivity contribution in [3.05, 3.63) is 130 Å². The van der Waals surface area contributed by atoms with E-state index in [4.69, 9.17) is 14.6 Å². The molecular weight excluding hydrogens is 668 g/mol. The van der Waals surface area contributed by atoms with Gasteiger partial charge in [-0.3, -0.25) is 24.0 Å². The molecule has 2 rings (SSSR count). The molecule has 0 spiro atoms. The number of allylic oxidation sites excluding steroid dienone is 20. The van der Waals surface area contributed by atoms with Crippen LogP contribution in [0.4, 0.5) is 0 Å². The molecule has 8 nitrogen and oxygen atoms in total. The molecular formula is C45H56O8. The second-order valence-electron chi connectivity index (χ2n) is 15.0. The number of ketones is 2. The fraction of sp³-hybridized carbons (Fsp3) is 0.400. The first-order chi connectivity index (χ1) is 24.8. The van der Waals surface area contributed by atoms with Gasteiger partial charge in [0.05, 0.1) is 12.8 Å². The normalized spacial score (nSPS) is 22.0. The molecule has 2 atom stereocenters. The van der Waals surface area contributed by atoms with E-state index in [0.29, 0.717) is 30.5 Å². The standard InChI is InChI=1S/C45H56O8/c1-30(17-13-19-32(3)21-23-36-34(5)42(50)38(52-29-46)27-44(36,7)8)15-11-12-16-31(2)18-14-20-33(4)22-24-37-35(6)43(51)39(28-45(37,9)10)53-41(49)26-25-40(47)48/h11-24,29,38-39H,25-28H2,1-10H3,(H,47,48)/b12-11+,17-13+,18-14+,23-21+,24-22+,30-15+,31-16+,32-19+,33-20+. The van der Waals surface area contributed by atoms with Crippen LogP contribution in [0.25, 0.3) is 0 Å². The summed E-state index contributed by atoms with van der Waals surface area (Å²) in [6, 6.07) is 0. The number of ether oxygens (including phenoxy) is 2. The van der Waals surface area contributed by atoms with Gasteiger partial charge in [-0.15, -0.1) is 0 Å². The fourth-order valence-electron chi connectivity index (χ4n) is 6.27. The maximum Gasteiger partial charge on any atom is 0.307 e. The number of rotatable bonds is 16. The average molecular weight is 725 g/mol. The molecule has 2 aliphatic rings. The van der Waals surface area contributed by atoms with Gasteiger partial charge in [0.15, 0.2) is 23.8 Å². The van der Waals surface area contributed by atoms with Gasteiger partial charge >= 0.3 is 11.9 Å². The summed E-state index contributed by atoms with van der Waals surface area (Å²) >= 11 is 0. The Balaban J connectivity index is 1.97. The van der Waals surface area contributed by atoms with Crippen molar-refractivity contribution >= 4 is 30.0 Å². The van der Waals surface area contributed by atoms with Crippen molar-refractivity contribution in [3.63, 3.8) is 0 Å². The fourth-order valence-corrected chi connectivity index (χ4v) is 6.27. The molecule has 0 heterocycles. The minimum absolute atomic E-state index is 0.144. The Morgan fingerprint density at radius 1 is 0.660 bits per heavy atom. The molecule has 284 valence electrons. The van der Waals surface area contributed by atoms with Crippen LogP contribution in [-0.4, -0.2) is 47.3 Å². The van der Waals surface area contributed by atoms with Gasteiger partial charge in [-0.2, -0.15) is 0 Å². The zero-order chi connectivity index (χ0) is 39.9. The Morgan fingerprint density at radius 2 is 1.06 bits per heavy atom. The second kappa shape index (κ2) is 20.2. The Bertz CT molecular complexity index is 1770. The number of Topliss-reactive ketones (excluding diaryl/α,β-unsaturated/α-hetero) is 2. The average Bonchev–Trinajstić information content (AvgIpc) is 3.06. The van der Waals surface area contributed by atoms with Crippen molar-refractivity contribution in [3.8, 4) is 0 Å². The van der Waals surface area contributed by atoms with Crippen LogP contribution in [-0.2, 0) is 33.4 Å². The molecule has 0 bridgehead atoms. The summed E-state index contributed by atoms with van der Waals surface area (Å²) in [5.41, 5.74) is 6.48. The van der Waals surface area contributed by atoms with Gasteiger partial charge in [0, 0.05) is 12.8 Å². The third-order valence-corrected chi connectivity index (χ3v) is 9.31. The van der Waals surface area contributed by atoms with E-state index >= 15 is 0 Å². The van der Waals surface area contributed by atoms with E-state index in [2.05, 4.69) is 13.8 Å². The number of carboxylic acids is 1. The van der Waals surface area contributed by atoms with Gasteiger partial charge in [-0.25, -0.2) is 0 Å². The van der Waals surface area contributed by atoms with E-state index in [0.717, 1.165) is 33.4 Å². The van der Waals surface area contributed by atoms with Gasteiger partial charge in [0.2, 0.25) is 0 Å². The predicted octanol–water partition coefficient (Wildman–Crippen LogP) is 9.50. The van der Waals surface area contributed by atoms with E-state index in [1.54, 1.807) is 13.8 Å². The highest BCUT2D eigenvalue weighted by Gasteiger charge is 2.40. The Hall–Kier alpha value is -5.11. The van der Waals surface area contributed by atoms with Crippen molar-refractivity contribution in [1.82, 2.24) is 0 Å². The lowest BCUT2D eigenvalue weighted by Gasteiger charge is -2.36. The van der Waals surface area contributed by atoms with Gasteiger partial charge in [0.1, 0.15) is 0 Å². The summed E-state index contributed by atoms with van der Waals surface area (Å²) in [5, 5.41) is 8.80. The molecule has 0 aliphatic heterocycles. The summed E-state index contributed by atoms with van der Waals surface area (Å²) < 4.78 is 10.4. The van der Waals surface area contributed by atoms with Gasteiger partial charge in [0.25, 0.3) is 6.47 Å². The van der Waals surface area contributed by atoms with Crippen molar-refractivity contribution in [2.24, 2.45) is 10.8 Å². The van der Waals surface area contributed by atoms with Crippen LogP contribution < -0.4 is 0 Å². The Morgan fingerprint density at radius 3 is 1.49 bits per heavy atom. The number of esters is 1. The largest absolute Gasteiger partial charge is 0.481 e. The van der Waals surface area contributed by atoms with Crippen molar-refractivity contribution < 1.29 is 38.6 Å². The maximum atomic E-state index is 13.0. The maximum absolute atomic E-state index is 13.0. The van der Waals surface area contributed by atoms with Crippen LogP contribution in [0.5, 0.6) is 0 Å². The minimum Gasteiger partial charge on any atom is -0.481 e. The number of carboxylic acid groups (broad SMARTS) is 1. The first-order valence-electron chi connectivity index (χ1n) is 17.9. The van der Waals surface area contributed by atoms with E-state index in [-0.39, 0.29) is 29.8 Å². The van der Waals surface area contributed by atoms with Crippen LogP contribution in [0, 0.1) is 10.8 Å². The van der Waals surface area contributed by atoms with E-state index in [1.807, 2.05) is 127 Å². The lowest BCUT2D eigenvalue weighted by molar-refractivity contribution is -0.157. The quantitative estimate of drug-likeness (QED) is 0.0949. The highest BCUT2D eigenvalue weighted by Crippen LogP contribution is 2.42. The summed E-state index contributed by atoms with van der Waals surface area (Å²) in [7, 11) is 0. The third-order valence-electron chi connectivity index (χ3n) is 9.31. The molecule has 2 aliphatic carbocycles. The Labute approximate surface area is 315 Å². The molecule has 2 unspecified atom stereocenters. The minimum atomic E-state index is -1.09. The molecule has 0 saturated heterocycles. The highest BCUT2D eigenvalue weighted by atomic mass is 16.5. The number of carbonyl (C=O) groups is 5. The molecule has 8 heteroatoms. The van der Waals surface area contributed by atoms with Gasteiger partial charge in [-0.05, 0) is 74.7 Å². The van der Waals surface area contributed by atoms with Crippen LogP contribution in [0.2, 0.25) is 0 Å². The van der Waals surface area contributed by atoms with Crippen LogP contribution in [0.3, 0.4) is 0 Å². The molecule has 0 aromatic rings. The first-order valence-corrected chi connectivity index (χ1v) is 17.9. The number of hydrogen-bond acceptors (Lipinski definition) is 7. The van der Waals surface area contributed by atoms with Gasteiger partial charge in [-0.1, -0.05) is 135 Å². The van der Waals surface area contributed by atoms with Crippen LogP contribution >= 0.6 is 0 Å². The third kappa shape index (κ3) is 14.1. The highest BCUT2D eigenvalue weighted by molar-refractivity contribution is 6.02. The van der Waals surface area contributed by atoms with Gasteiger partial charge < -0.3 is 14.6 Å². The topological polar surface area (TPSA) is 124 Å². The zero-order valence-electron chi connectivity index (χ0n) is 32.9. The first kappa shape index (κ1) is 44.1. The van der Waals surface area contributed by atoms with E-state index < -0.39 is 29.6 Å². The summed E-state index contributed by atoms with van der Waals surface area (Å²) in [4.78, 5) is 59.2. The number of aliphatic carboxylic acids is 1. The summed E-state index contributed by atoms with van der Waals surface area (Å²) in [6.07, 6.45) is 26.5. The number of hydrogen-bond donors (Lipinski definition) is 1. The molecule has 0 saturated carbocycles. The second-order valence-corrected chi connectivity index (χ2v) is 15.0. The summed E-state index contributed by atoms with van der Waals surface area (Å²) in [5.74, 6) is -2.17. The molecule has 53 heavy (non-hydrogen) atoms. The molecule has 0 amide bonds. The van der Waals surface area contributed by atoms with Crippen molar-refractivity contribution in [1.29, 1.82) is 0 Å². The van der Waals surface area contributed by atoms with E-state index in [9.17, 15) is 24.0 Å². The lowest BCUT2D eigenvalue weighted by atomic mass is 9.71. The van der Waals surface area contributed by atoms with Crippen LogP contribution in [0.15, 0.2) is 130 Å². The molecule has 0 aromatic heterocycles. The zero-order valence-corrected chi connectivity index (χ0v) is 32.9.